The maximum absolute atomic E-state index is 11.7. The molecule has 0 saturated heterocycles. The zero-order chi connectivity index (χ0) is 15.2. The lowest BCUT2D eigenvalue weighted by molar-refractivity contribution is -0.120. The van der Waals surface area contributed by atoms with Crippen molar-refractivity contribution in [3.05, 3.63) is 0 Å². The summed E-state index contributed by atoms with van der Waals surface area (Å²) < 4.78 is 5.24. The van der Waals surface area contributed by atoms with Crippen LogP contribution in [0.5, 0.6) is 0 Å². The zero-order valence-corrected chi connectivity index (χ0v) is 12.9. The number of hydrogen-bond donors (Lipinski definition) is 3. The second kappa shape index (κ2) is 7.47. The van der Waals surface area contributed by atoms with E-state index in [4.69, 9.17) is 4.74 Å². The highest BCUT2D eigenvalue weighted by Crippen LogP contribution is 2.19. The van der Waals surface area contributed by atoms with Gasteiger partial charge in [-0.3, -0.25) is 4.79 Å². The molecule has 3 N–H and O–H groups in total. The summed E-state index contributed by atoms with van der Waals surface area (Å²) in [6.45, 7) is 6.22. The van der Waals surface area contributed by atoms with Crippen LogP contribution < -0.4 is 16.0 Å². The third-order valence-corrected chi connectivity index (χ3v) is 3.22. The molecule has 0 bridgehead atoms. The Morgan fingerprint density at radius 2 is 1.85 bits per heavy atom. The van der Waals surface area contributed by atoms with Crippen molar-refractivity contribution >= 4 is 12.0 Å². The van der Waals surface area contributed by atoms with Crippen molar-refractivity contribution in [3.8, 4) is 0 Å². The molecule has 6 nitrogen and oxygen atoms in total. The SMILES string of the molecule is CNC(=O)CCNC1CCC(NC(=O)OC(C)(C)C)C1. The molecular weight excluding hydrogens is 258 g/mol. The van der Waals surface area contributed by atoms with Gasteiger partial charge >= 0.3 is 6.09 Å². The summed E-state index contributed by atoms with van der Waals surface area (Å²) in [4.78, 5) is 22.8. The maximum atomic E-state index is 11.7. The van der Waals surface area contributed by atoms with Crippen LogP contribution in [0.3, 0.4) is 0 Å². The summed E-state index contributed by atoms with van der Waals surface area (Å²) in [6, 6.07) is 0.516. The van der Waals surface area contributed by atoms with E-state index in [1.165, 1.54) is 0 Å². The lowest BCUT2D eigenvalue weighted by Crippen LogP contribution is -2.39. The monoisotopic (exact) mass is 285 g/mol. The van der Waals surface area contributed by atoms with Gasteiger partial charge in [-0.25, -0.2) is 4.79 Å². The molecule has 2 unspecified atom stereocenters. The van der Waals surface area contributed by atoms with Gasteiger partial charge in [0.25, 0.3) is 0 Å². The lowest BCUT2D eigenvalue weighted by atomic mass is 10.2. The van der Waals surface area contributed by atoms with Crippen LogP contribution in [0.15, 0.2) is 0 Å². The van der Waals surface area contributed by atoms with Crippen LogP contribution in [0.25, 0.3) is 0 Å². The molecule has 1 aliphatic rings. The van der Waals surface area contributed by atoms with E-state index in [1.807, 2.05) is 20.8 Å². The van der Waals surface area contributed by atoms with Crippen molar-refractivity contribution in [1.29, 1.82) is 0 Å². The first-order valence-electron chi connectivity index (χ1n) is 7.23. The minimum absolute atomic E-state index is 0.0407. The van der Waals surface area contributed by atoms with Crippen molar-refractivity contribution < 1.29 is 14.3 Å². The molecule has 0 aliphatic heterocycles. The molecule has 0 radical (unpaired) electrons. The van der Waals surface area contributed by atoms with Crippen molar-refractivity contribution in [2.45, 2.75) is 64.1 Å². The number of carbonyl (C=O) groups excluding carboxylic acids is 2. The van der Waals surface area contributed by atoms with Crippen LogP contribution in [0.4, 0.5) is 4.79 Å². The number of alkyl carbamates (subject to hydrolysis) is 1. The molecule has 1 fully saturated rings. The molecule has 0 aromatic carbocycles. The Hall–Kier alpha value is -1.30. The lowest BCUT2D eigenvalue weighted by Gasteiger charge is -2.21. The fourth-order valence-electron chi connectivity index (χ4n) is 2.29. The van der Waals surface area contributed by atoms with E-state index in [2.05, 4.69) is 16.0 Å². The molecule has 20 heavy (non-hydrogen) atoms. The highest BCUT2D eigenvalue weighted by Gasteiger charge is 2.27. The number of rotatable bonds is 5. The third-order valence-electron chi connectivity index (χ3n) is 3.22. The predicted octanol–water partition coefficient (Wildman–Crippen LogP) is 1.16. The molecule has 1 aliphatic carbocycles. The van der Waals surface area contributed by atoms with Gasteiger partial charge in [0.2, 0.25) is 5.91 Å². The van der Waals surface area contributed by atoms with Gasteiger partial charge in [-0.05, 0) is 40.0 Å². The van der Waals surface area contributed by atoms with Crippen LogP contribution >= 0.6 is 0 Å². The number of nitrogens with one attached hydrogen (secondary N) is 3. The second-order valence-electron chi connectivity index (χ2n) is 6.23. The summed E-state index contributed by atoms with van der Waals surface area (Å²) in [6.07, 6.45) is 2.96. The minimum atomic E-state index is -0.464. The van der Waals surface area contributed by atoms with Crippen molar-refractivity contribution in [2.24, 2.45) is 0 Å². The molecule has 0 spiro atoms. The Labute approximate surface area is 121 Å². The van der Waals surface area contributed by atoms with Crippen molar-refractivity contribution in [1.82, 2.24) is 16.0 Å². The number of amides is 2. The van der Waals surface area contributed by atoms with Crippen LogP contribution in [0.1, 0.15) is 46.5 Å². The molecule has 0 aromatic rings. The van der Waals surface area contributed by atoms with Crippen LogP contribution in [-0.4, -0.2) is 43.3 Å². The zero-order valence-electron chi connectivity index (χ0n) is 12.9. The van der Waals surface area contributed by atoms with Gasteiger partial charge in [0, 0.05) is 32.1 Å². The molecule has 1 saturated carbocycles. The third kappa shape index (κ3) is 6.75. The molecule has 0 heterocycles. The first kappa shape index (κ1) is 16.8. The molecule has 2 atom stereocenters. The van der Waals surface area contributed by atoms with E-state index in [9.17, 15) is 9.59 Å². The van der Waals surface area contributed by atoms with E-state index in [0.717, 1.165) is 19.3 Å². The van der Waals surface area contributed by atoms with E-state index < -0.39 is 5.60 Å². The Kier molecular flexibility index (Phi) is 6.26. The van der Waals surface area contributed by atoms with Gasteiger partial charge in [0.15, 0.2) is 0 Å². The van der Waals surface area contributed by atoms with Gasteiger partial charge in [-0.1, -0.05) is 0 Å². The average Bonchev–Trinajstić information content (AvgIpc) is 2.73. The number of carbonyl (C=O) groups is 2. The molecule has 0 aromatic heterocycles. The smallest absolute Gasteiger partial charge is 0.407 e. The van der Waals surface area contributed by atoms with E-state index in [0.29, 0.717) is 19.0 Å². The Bertz CT molecular complexity index is 339. The largest absolute Gasteiger partial charge is 0.444 e. The Balaban J connectivity index is 2.20. The number of hydrogen-bond acceptors (Lipinski definition) is 4. The minimum Gasteiger partial charge on any atom is -0.444 e. The Morgan fingerprint density at radius 1 is 1.20 bits per heavy atom. The molecular formula is C14H27N3O3. The number of ether oxygens (including phenoxy) is 1. The maximum Gasteiger partial charge on any atom is 0.407 e. The van der Waals surface area contributed by atoms with Gasteiger partial charge in [-0.15, -0.1) is 0 Å². The Morgan fingerprint density at radius 3 is 2.45 bits per heavy atom. The standard InChI is InChI=1S/C14H27N3O3/c1-14(2,3)20-13(19)17-11-6-5-10(9-11)16-8-7-12(18)15-4/h10-11,16H,5-9H2,1-4H3,(H,15,18)(H,17,19). The van der Waals surface area contributed by atoms with Crippen LogP contribution in [-0.2, 0) is 9.53 Å². The fraction of sp³-hybridized carbons (Fsp3) is 0.857. The molecule has 1 rings (SSSR count). The van der Waals surface area contributed by atoms with E-state index >= 15 is 0 Å². The van der Waals surface area contributed by atoms with E-state index in [1.54, 1.807) is 7.05 Å². The van der Waals surface area contributed by atoms with Crippen LogP contribution in [0, 0.1) is 0 Å². The van der Waals surface area contributed by atoms with Gasteiger partial charge in [-0.2, -0.15) is 0 Å². The topological polar surface area (TPSA) is 79.5 Å². The predicted molar refractivity (Wildman–Crippen MR) is 77.5 cm³/mol. The van der Waals surface area contributed by atoms with Crippen molar-refractivity contribution in [3.63, 3.8) is 0 Å². The summed E-state index contributed by atoms with van der Waals surface area (Å²) in [7, 11) is 1.64. The van der Waals surface area contributed by atoms with Crippen LogP contribution in [0.2, 0.25) is 0 Å². The molecule has 116 valence electrons. The first-order chi connectivity index (χ1) is 9.30. The summed E-state index contributed by atoms with van der Waals surface area (Å²) in [5, 5.41) is 8.84. The molecule has 2 amide bonds. The summed E-state index contributed by atoms with van der Waals surface area (Å²) in [5.41, 5.74) is -0.464. The normalized spacial score (nSPS) is 22.4. The van der Waals surface area contributed by atoms with Gasteiger partial charge < -0.3 is 20.7 Å². The molecule has 6 heteroatoms. The van der Waals surface area contributed by atoms with Gasteiger partial charge in [0.1, 0.15) is 5.60 Å². The quantitative estimate of drug-likeness (QED) is 0.708. The highest BCUT2D eigenvalue weighted by molar-refractivity contribution is 5.75. The fourth-order valence-corrected chi connectivity index (χ4v) is 2.29. The van der Waals surface area contributed by atoms with Gasteiger partial charge in [0.05, 0.1) is 0 Å². The average molecular weight is 285 g/mol. The summed E-state index contributed by atoms with van der Waals surface area (Å²) in [5.74, 6) is 0.0407. The highest BCUT2D eigenvalue weighted by atomic mass is 16.6. The second-order valence-corrected chi connectivity index (χ2v) is 6.23. The van der Waals surface area contributed by atoms with Crippen molar-refractivity contribution in [2.75, 3.05) is 13.6 Å². The summed E-state index contributed by atoms with van der Waals surface area (Å²) >= 11 is 0. The van der Waals surface area contributed by atoms with E-state index in [-0.39, 0.29) is 18.0 Å². The first-order valence-corrected chi connectivity index (χ1v) is 7.23.